The smallest absolute Gasteiger partial charge is 0.205 e. The van der Waals surface area contributed by atoms with Gasteiger partial charge in [-0.2, -0.15) is 0 Å². The van der Waals surface area contributed by atoms with Crippen molar-refractivity contribution < 1.29 is 0 Å². The SMILES string of the molecule is C/C=C\N=C/NC(=N)n1ccnc1. The first-order valence-electron chi connectivity index (χ1n) is 3.81. The molecule has 0 saturated carbocycles. The second kappa shape index (κ2) is 4.87. The molecule has 0 fully saturated rings. The van der Waals surface area contributed by atoms with Crippen LogP contribution in [0.15, 0.2) is 36.0 Å². The predicted octanol–water partition coefficient (Wildman–Crippen LogP) is 0.817. The van der Waals surface area contributed by atoms with E-state index in [4.69, 9.17) is 5.41 Å². The number of nitrogens with one attached hydrogen (secondary N) is 2. The van der Waals surface area contributed by atoms with Crippen molar-refractivity contribution in [2.45, 2.75) is 6.92 Å². The van der Waals surface area contributed by atoms with Crippen LogP contribution in [0.5, 0.6) is 0 Å². The molecule has 1 aromatic heterocycles. The van der Waals surface area contributed by atoms with E-state index in [2.05, 4.69) is 15.3 Å². The number of hydrogen-bond donors (Lipinski definition) is 2. The monoisotopic (exact) mass is 177 g/mol. The van der Waals surface area contributed by atoms with Crippen molar-refractivity contribution in [3.63, 3.8) is 0 Å². The number of nitrogens with zero attached hydrogens (tertiary/aromatic N) is 3. The van der Waals surface area contributed by atoms with Gasteiger partial charge in [-0.05, 0) is 6.92 Å². The third kappa shape index (κ3) is 2.90. The number of aromatic nitrogens is 2. The molecule has 0 aliphatic heterocycles. The molecule has 1 aromatic rings. The number of rotatable bonds is 2. The zero-order valence-electron chi connectivity index (χ0n) is 7.31. The molecule has 0 aliphatic rings. The van der Waals surface area contributed by atoms with Crippen molar-refractivity contribution in [3.8, 4) is 0 Å². The van der Waals surface area contributed by atoms with Crippen molar-refractivity contribution >= 4 is 12.3 Å². The van der Waals surface area contributed by atoms with Crippen LogP contribution in [-0.2, 0) is 0 Å². The second-order valence-electron chi connectivity index (χ2n) is 2.22. The summed E-state index contributed by atoms with van der Waals surface area (Å²) in [4.78, 5) is 7.66. The summed E-state index contributed by atoms with van der Waals surface area (Å²) in [6, 6.07) is 0. The molecule has 0 atom stereocenters. The maximum absolute atomic E-state index is 7.48. The highest BCUT2D eigenvalue weighted by atomic mass is 15.2. The Morgan fingerprint density at radius 3 is 3.15 bits per heavy atom. The summed E-state index contributed by atoms with van der Waals surface area (Å²) in [5, 5.41) is 10.2. The Morgan fingerprint density at radius 1 is 1.69 bits per heavy atom. The van der Waals surface area contributed by atoms with E-state index in [1.807, 2.05) is 6.92 Å². The van der Waals surface area contributed by atoms with Crippen molar-refractivity contribution in [2.75, 3.05) is 0 Å². The first kappa shape index (κ1) is 9.18. The number of hydrogen-bond acceptors (Lipinski definition) is 3. The molecule has 5 nitrogen and oxygen atoms in total. The van der Waals surface area contributed by atoms with E-state index in [-0.39, 0.29) is 5.96 Å². The molecule has 1 heterocycles. The zero-order chi connectivity index (χ0) is 9.52. The normalized spacial score (nSPS) is 11.2. The Labute approximate surface area is 76.3 Å². The highest BCUT2D eigenvalue weighted by molar-refractivity contribution is 5.89. The van der Waals surface area contributed by atoms with Crippen LogP contribution < -0.4 is 5.32 Å². The predicted molar refractivity (Wildman–Crippen MR) is 51.8 cm³/mol. The fourth-order valence-electron chi connectivity index (χ4n) is 0.693. The van der Waals surface area contributed by atoms with Crippen LogP contribution >= 0.6 is 0 Å². The van der Waals surface area contributed by atoms with E-state index in [0.717, 1.165) is 0 Å². The standard InChI is InChI=1S/C8H11N5/c1-2-3-10-6-12-8(9)13-5-4-11-7-13/h2-7H,1H3,(H2,9,10,12)/b3-2-. The average Bonchev–Trinajstić information content (AvgIpc) is 2.65. The molecule has 0 unspecified atom stereocenters. The van der Waals surface area contributed by atoms with Gasteiger partial charge in [0.15, 0.2) is 0 Å². The lowest BCUT2D eigenvalue weighted by Gasteiger charge is -2.00. The van der Waals surface area contributed by atoms with E-state index < -0.39 is 0 Å². The van der Waals surface area contributed by atoms with Gasteiger partial charge >= 0.3 is 0 Å². The van der Waals surface area contributed by atoms with Crippen LogP contribution in [0.2, 0.25) is 0 Å². The summed E-state index contributed by atoms with van der Waals surface area (Å²) in [5.74, 6) is 0.214. The first-order valence-corrected chi connectivity index (χ1v) is 3.81. The molecule has 0 spiro atoms. The Kier molecular flexibility index (Phi) is 3.44. The molecule has 0 radical (unpaired) electrons. The lowest BCUT2D eigenvalue weighted by Crippen LogP contribution is -2.26. The number of aliphatic imine (C=N–C) groups is 1. The molecule has 1 rings (SSSR count). The van der Waals surface area contributed by atoms with Gasteiger partial charge in [0, 0.05) is 18.6 Å². The summed E-state index contributed by atoms with van der Waals surface area (Å²) in [5.41, 5.74) is 0. The highest BCUT2D eigenvalue weighted by Gasteiger charge is 1.93. The van der Waals surface area contributed by atoms with Gasteiger partial charge in [0.2, 0.25) is 5.96 Å². The Morgan fingerprint density at radius 2 is 2.54 bits per heavy atom. The van der Waals surface area contributed by atoms with Gasteiger partial charge in [0.25, 0.3) is 0 Å². The minimum atomic E-state index is 0.214. The third-order valence-corrected chi connectivity index (χ3v) is 1.27. The van der Waals surface area contributed by atoms with E-state index in [9.17, 15) is 0 Å². The summed E-state index contributed by atoms with van der Waals surface area (Å²) in [6.45, 7) is 1.87. The van der Waals surface area contributed by atoms with Gasteiger partial charge < -0.3 is 5.32 Å². The third-order valence-electron chi connectivity index (χ3n) is 1.27. The van der Waals surface area contributed by atoms with Gasteiger partial charge in [-0.1, -0.05) is 6.08 Å². The molecule has 5 heteroatoms. The average molecular weight is 177 g/mol. The van der Waals surface area contributed by atoms with Crippen molar-refractivity contribution in [1.82, 2.24) is 14.9 Å². The largest absolute Gasteiger partial charge is 0.317 e. The molecular weight excluding hydrogens is 166 g/mol. The van der Waals surface area contributed by atoms with Crippen LogP contribution in [0.3, 0.4) is 0 Å². The second-order valence-corrected chi connectivity index (χ2v) is 2.22. The van der Waals surface area contributed by atoms with E-state index in [1.165, 1.54) is 6.34 Å². The zero-order valence-corrected chi connectivity index (χ0v) is 7.31. The van der Waals surface area contributed by atoms with Crippen molar-refractivity contribution in [1.29, 1.82) is 5.41 Å². The lowest BCUT2D eigenvalue weighted by molar-refractivity contribution is 1.05. The minimum Gasteiger partial charge on any atom is -0.317 e. The summed E-state index contributed by atoms with van der Waals surface area (Å²) in [6.07, 6.45) is 9.71. The van der Waals surface area contributed by atoms with Gasteiger partial charge in [-0.3, -0.25) is 9.98 Å². The highest BCUT2D eigenvalue weighted by Crippen LogP contribution is 1.81. The van der Waals surface area contributed by atoms with E-state index in [1.54, 1.807) is 35.6 Å². The Bertz CT molecular complexity index is 309. The number of imidazole rings is 1. The molecule has 0 bridgehead atoms. The molecule has 0 aromatic carbocycles. The fourth-order valence-corrected chi connectivity index (χ4v) is 0.693. The van der Waals surface area contributed by atoms with Gasteiger partial charge in [0.05, 0.1) is 6.34 Å². The van der Waals surface area contributed by atoms with Gasteiger partial charge in [0.1, 0.15) is 6.33 Å². The fraction of sp³-hybridized carbons (Fsp3) is 0.125. The maximum Gasteiger partial charge on any atom is 0.205 e. The van der Waals surface area contributed by atoms with Gasteiger partial charge in [-0.25, -0.2) is 9.98 Å². The molecule has 0 amide bonds. The minimum absolute atomic E-state index is 0.214. The lowest BCUT2D eigenvalue weighted by atomic mass is 10.7. The molecule has 68 valence electrons. The van der Waals surface area contributed by atoms with Crippen LogP contribution in [0.25, 0.3) is 0 Å². The Balaban J connectivity index is 2.43. The van der Waals surface area contributed by atoms with Crippen molar-refractivity contribution in [3.05, 3.63) is 31.0 Å². The summed E-state index contributed by atoms with van der Waals surface area (Å²) < 4.78 is 1.54. The summed E-state index contributed by atoms with van der Waals surface area (Å²) in [7, 11) is 0. The van der Waals surface area contributed by atoms with Crippen LogP contribution in [-0.4, -0.2) is 21.8 Å². The molecule has 0 aliphatic carbocycles. The van der Waals surface area contributed by atoms with Crippen molar-refractivity contribution in [2.24, 2.45) is 4.99 Å². The molecule has 2 N–H and O–H groups in total. The molecule has 13 heavy (non-hydrogen) atoms. The van der Waals surface area contributed by atoms with E-state index in [0.29, 0.717) is 0 Å². The number of allylic oxidation sites excluding steroid dienone is 1. The first-order chi connectivity index (χ1) is 6.34. The maximum atomic E-state index is 7.48. The van der Waals surface area contributed by atoms with Gasteiger partial charge in [-0.15, -0.1) is 0 Å². The molecular formula is C8H11N5. The summed E-state index contributed by atoms with van der Waals surface area (Å²) >= 11 is 0. The van der Waals surface area contributed by atoms with Crippen LogP contribution in [0, 0.1) is 5.41 Å². The Hall–Kier alpha value is -1.91. The molecule has 0 saturated heterocycles. The topological polar surface area (TPSA) is 66.1 Å². The van der Waals surface area contributed by atoms with Crippen LogP contribution in [0.1, 0.15) is 6.92 Å². The van der Waals surface area contributed by atoms with Crippen LogP contribution in [0.4, 0.5) is 0 Å². The quantitative estimate of drug-likeness (QED) is 0.518. The van der Waals surface area contributed by atoms with E-state index >= 15 is 0 Å².